The summed E-state index contributed by atoms with van der Waals surface area (Å²) in [7, 11) is 0. The number of hydrogen-bond acceptors (Lipinski definition) is 7. The van der Waals surface area contributed by atoms with Crippen LogP contribution in [0, 0.1) is 6.92 Å². The molecule has 28 heavy (non-hydrogen) atoms. The SMILES string of the molecule is Cc1cccc(Nc2ccc3nnc(COc4cccnc4C(N)=O)n3n2)c1. The van der Waals surface area contributed by atoms with Crippen LogP contribution in [-0.2, 0) is 6.61 Å². The minimum Gasteiger partial charge on any atom is -0.483 e. The van der Waals surface area contributed by atoms with Crippen molar-refractivity contribution in [2.75, 3.05) is 5.32 Å². The lowest BCUT2D eigenvalue weighted by Gasteiger charge is -2.09. The fraction of sp³-hybridized carbons (Fsp3) is 0.105. The molecule has 0 fully saturated rings. The number of amides is 1. The minimum absolute atomic E-state index is 0.0496. The van der Waals surface area contributed by atoms with Gasteiger partial charge in [0.2, 0.25) is 0 Å². The van der Waals surface area contributed by atoms with Crippen molar-refractivity contribution in [1.82, 2.24) is 24.8 Å². The average molecular weight is 375 g/mol. The van der Waals surface area contributed by atoms with Crippen molar-refractivity contribution < 1.29 is 9.53 Å². The number of nitrogens with two attached hydrogens (primary N) is 1. The summed E-state index contributed by atoms with van der Waals surface area (Å²) in [5.74, 6) is 0.728. The Kier molecular flexibility index (Phi) is 4.55. The van der Waals surface area contributed by atoms with Gasteiger partial charge in [0, 0.05) is 11.9 Å². The number of fused-ring (bicyclic) bond motifs is 1. The van der Waals surface area contributed by atoms with Gasteiger partial charge < -0.3 is 15.8 Å². The van der Waals surface area contributed by atoms with Crippen LogP contribution < -0.4 is 15.8 Å². The number of rotatable bonds is 6. The van der Waals surface area contributed by atoms with Crippen LogP contribution >= 0.6 is 0 Å². The highest BCUT2D eigenvalue weighted by atomic mass is 16.5. The van der Waals surface area contributed by atoms with Gasteiger partial charge in [-0.3, -0.25) is 4.79 Å². The van der Waals surface area contributed by atoms with E-state index in [1.54, 1.807) is 22.7 Å². The van der Waals surface area contributed by atoms with Crippen molar-refractivity contribution in [3.63, 3.8) is 0 Å². The molecular formula is C19H17N7O2. The molecule has 0 saturated heterocycles. The molecule has 0 saturated carbocycles. The Bertz CT molecular complexity index is 1160. The van der Waals surface area contributed by atoms with Crippen LogP contribution in [0.2, 0.25) is 0 Å². The third kappa shape index (κ3) is 3.58. The highest BCUT2D eigenvalue weighted by molar-refractivity contribution is 5.93. The first-order valence-corrected chi connectivity index (χ1v) is 8.53. The smallest absolute Gasteiger partial charge is 0.271 e. The van der Waals surface area contributed by atoms with Gasteiger partial charge in [0.1, 0.15) is 6.61 Å². The molecule has 140 valence electrons. The number of hydrogen-bond donors (Lipinski definition) is 2. The van der Waals surface area contributed by atoms with Crippen LogP contribution in [0.5, 0.6) is 5.75 Å². The van der Waals surface area contributed by atoms with E-state index in [9.17, 15) is 4.79 Å². The van der Waals surface area contributed by atoms with E-state index in [-0.39, 0.29) is 18.1 Å². The summed E-state index contributed by atoms with van der Waals surface area (Å²) in [6.07, 6.45) is 1.48. The molecule has 0 bridgehead atoms. The van der Waals surface area contributed by atoms with E-state index in [1.807, 2.05) is 37.3 Å². The summed E-state index contributed by atoms with van der Waals surface area (Å²) in [5.41, 5.74) is 8.04. The largest absolute Gasteiger partial charge is 0.483 e. The molecule has 9 nitrogen and oxygen atoms in total. The number of carbonyl (C=O) groups is 1. The summed E-state index contributed by atoms with van der Waals surface area (Å²) in [5, 5.41) is 16.0. The second-order valence-corrected chi connectivity index (χ2v) is 6.10. The summed E-state index contributed by atoms with van der Waals surface area (Å²) in [6, 6.07) is 14.9. The summed E-state index contributed by atoms with van der Waals surface area (Å²) < 4.78 is 7.26. The van der Waals surface area contributed by atoms with Crippen LogP contribution in [0.3, 0.4) is 0 Å². The summed E-state index contributed by atoms with van der Waals surface area (Å²) >= 11 is 0. The molecule has 0 radical (unpaired) electrons. The minimum atomic E-state index is -0.663. The van der Waals surface area contributed by atoms with Gasteiger partial charge in [-0.1, -0.05) is 12.1 Å². The lowest BCUT2D eigenvalue weighted by molar-refractivity contribution is 0.0990. The Morgan fingerprint density at radius 3 is 2.89 bits per heavy atom. The first-order valence-electron chi connectivity index (χ1n) is 8.53. The van der Waals surface area contributed by atoms with Crippen LogP contribution in [-0.4, -0.2) is 30.7 Å². The van der Waals surface area contributed by atoms with Crippen molar-refractivity contribution >= 4 is 23.1 Å². The topological polar surface area (TPSA) is 120 Å². The Labute approximate surface area is 160 Å². The van der Waals surface area contributed by atoms with Crippen LogP contribution in [0.15, 0.2) is 54.7 Å². The molecule has 9 heteroatoms. The van der Waals surface area contributed by atoms with Crippen molar-refractivity contribution in [2.24, 2.45) is 5.73 Å². The normalized spacial score (nSPS) is 10.8. The molecule has 1 aromatic carbocycles. The van der Waals surface area contributed by atoms with Gasteiger partial charge in [-0.2, -0.15) is 4.52 Å². The fourth-order valence-corrected chi connectivity index (χ4v) is 2.70. The fourth-order valence-electron chi connectivity index (χ4n) is 2.70. The Hall–Kier alpha value is -4.01. The van der Waals surface area contributed by atoms with Crippen LogP contribution in [0.4, 0.5) is 11.5 Å². The zero-order chi connectivity index (χ0) is 19.5. The number of pyridine rings is 1. The average Bonchev–Trinajstić information content (AvgIpc) is 3.09. The van der Waals surface area contributed by atoms with E-state index in [2.05, 4.69) is 25.6 Å². The Morgan fingerprint density at radius 2 is 2.07 bits per heavy atom. The first-order chi connectivity index (χ1) is 13.6. The molecule has 0 atom stereocenters. The molecule has 0 unspecified atom stereocenters. The molecule has 0 aliphatic rings. The number of nitrogens with one attached hydrogen (secondary N) is 1. The van der Waals surface area contributed by atoms with Gasteiger partial charge in [-0.25, -0.2) is 4.98 Å². The van der Waals surface area contributed by atoms with E-state index in [4.69, 9.17) is 10.5 Å². The first kappa shape index (κ1) is 17.4. The van der Waals surface area contributed by atoms with Crippen molar-refractivity contribution in [1.29, 1.82) is 0 Å². The number of nitrogens with zero attached hydrogens (tertiary/aromatic N) is 5. The van der Waals surface area contributed by atoms with Crippen molar-refractivity contribution in [3.8, 4) is 5.75 Å². The predicted molar refractivity (Wildman–Crippen MR) is 102 cm³/mol. The Balaban J connectivity index is 1.57. The van der Waals surface area contributed by atoms with Crippen LogP contribution in [0.25, 0.3) is 5.65 Å². The summed E-state index contributed by atoms with van der Waals surface area (Å²) in [4.78, 5) is 15.4. The molecular weight excluding hydrogens is 358 g/mol. The second-order valence-electron chi connectivity index (χ2n) is 6.10. The quantitative estimate of drug-likeness (QED) is 0.530. The molecule has 3 aromatic heterocycles. The number of anilines is 2. The molecule has 0 aliphatic carbocycles. The van der Waals surface area contributed by atoms with Crippen molar-refractivity contribution in [2.45, 2.75) is 13.5 Å². The molecule has 1 amide bonds. The standard InChI is InChI=1S/C19H17N7O2/c1-12-4-2-5-13(10-12)22-15-7-8-16-23-24-17(26(16)25-15)11-28-14-6-3-9-21-18(14)19(20)27/h2-10H,11H2,1H3,(H2,20,27)(H,22,25). The van der Waals surface area contributed by atoms with Gasteiger partial charge in [-0.05, 0) is 48.9 Å². The molecule has 4 aromatic rings. The van der Waals surface area contributed by atoms with E-state index >= 15 is 0 Å². The van der Waals surface area contributed by atoms with Gasteiger partial charge in [0.15, 0.2) is 28.7 Å². The lowest BCUT2D eigenvalue weighted by atomic mass is 10.2. The second kappa shape index (κ2) is 7.31. The zero-order valence-electron chi connectivity index (χ0n) is 15.0. The van der Waals surface area contributed by atoms with E-state index in [0.29, 0.717) is 17.3 Å². The highest BCUT2D eigenvalue weighted by Crippen LogP contribution is 2.18. The number of aryl methyl sites for hydroxylation is 1. The highest BCUT2D eigenvalue weighted by Gasteiger charge is 2.13. The van der Waals surface area contributed by atoms with Crippen molar-refractivity contribution in [3.05, 3.63) is 71.8 Å². The third-order valence-corrected chi connectivity index (χ3v) is 3.98. The number of aromatic nitrogens is 5. The monoisotopic (exact) mass is 375 g/mol. The van der Waals surface area contributed by atoms with Crippen LogP contribution in [0.1, 0.15) is 21.9 Å². The van der Waals surface area contributed by atoms with E-state index in [1.165, 1.54) is 6.20 Å². The number of primary amides is 1. The molecule has 3 heterocycles. The molecule has 0 aliphatic heterocycles. The maximum absolute atomic E-state index is 11.5. The van der Waals surface area contributed by atoms with E-state index in [0.717, 1.165) is 11.3 Å². The van der Waals surface area contributed by atoms with Gasteiger partial charge in [0.05, 0.1) is 0 Å². The number of benzene rings is 1. The van der Waals surface area contributed by atoms with Gasteiger partial charge in [0.25, 0.3) is 5.91 Å². The predicted octanol–water partition coefficient (Wildman–Crippen LogP) is 2.25. The Morgan fingerprint density at radius 1 is 1.18 bits per heavy atom. The van der Waals surface area contributed by atoms with Gasteiger partial charge >= 0.3 is 0 Å². The lowest BCUT2D eigenvalue weighted by Crippen LogP contribution is -2.15. The third-order valence-electron chi connectivity index (χ3n) is 3.98. The van der Waals surface area contributed by atoms with E-state index < -0.39 is 5.91 Å². The summed E-state index contributed by atoms with van der Waals surface area (Å²) in [6.45, 7) is 2.07. The maximum Gasteiger partial charge on any atom is 0.271 e. The zero-order valence-corrected chi connectivity index (χ0v) is 15.0. The maximum atomic E-state index is 11.5. The number of ether oxygens (including phenoxy) is 1. The number of carbonyl (C=O) groups excluding carboxylic acids is 1. The molecule has 0 spiro atoms. The van der Waals surface area contributed by atoms with Gasteiger partial charge in [-0.15, -0.1) is 15.3 Å². The molecule has 4 rings (SSSR count). The molecule has 3 N–H and O–H groups in total.